The number of halogens is 1. The van der Waals surface area contributed by atoms with Crippen LogP contribution in [0.15, 0.2) is 28.7 Å². The Morgan fingerprint density at radius 2 is 2.06 bits per heavy atom. The molecule has 6 heteroatoms. The number of carbonyl (C=O) groups excluding carboxylic acids is 1. The van der Waals surface area contributed by atoms with Gasteiger partial charge in [-0.2, -0.15) is 0 Å². The van der Waals surface area contributed by atoms with Gasteiger partial charge in [0.15, 0.2) is 0 Å². The van der Waals surface area contributed by atoms with Gasteiger partial charge in [0.2, 0.25) is 0 Å². The van der Waals surface area contributed by atoms with E-state index < -0.39 is 12.1 Å². The second kappa shape index (κ2) is 6.24. The number of aliphatic carboxylic acids is 1. The number of carboxylic acids is 1. The SMILES string of the molecule is CN(CC(=O)O)C(=O)OCc1ccccc1Br. The number of likely N-dealkylation sites (N-methyl/N-ethyl adjacent to an activating group) is 1. The van der Waals surface area contributed by atoms with E-state index >= 15 is 0 Å². The molecule has 5 nitrogen and oxygen atoms in total. The minimum Gasteiger partial charge on any atom is -0.480 e. The molecule has 0 aliphatic heterocycles. The van der Waals surface area contributed by atoms with E-state index in [0.29, 0.717) is 0 Å². The molecule has 0 aliphatic rings. The molecule has 1 rings (SSSR count). The monoisotopic (exact) mass is 301 g/mol. The summed E-state index contributed by atoms with van der Waals surface area (Å²) in [5, 5.41) is 8.51. The van der Waals surface area contributed by atoms with Crippen molar-refractivity contribution in [2.75, 3.05) is 13.6 Å². The van der Waals surface area contributed by atoms with Crippen LogP contribution in [0.5, 0.6) is 0 Å². The lowest BCUT2D eigenvalue weighted by atomic mass is 10.2. The Morgan fingerprint density at radius 1 is 1.41 bits per heavy atom. The molecule has 0 aromatic heterocycles. The number of carbonyl (C=O) groups is 2. The van der Waals surface area contributed by atoms with Gasteiger partial charge in [-0.25, -0.2) is 4.79 Å². The van der Waals surface area contributed by atoms with Crippen LogP contribution in [-0.4, -0.2) is 35.7 Å². The summed E-state index contributed by atoms with van der Waals surface area (Å²) >= 11 is 3.32. The highest BCUT2D eigenvalue weighted by atomic mass is 79.9. The van der Waals surface area contributed by atoms with E-state index in [4.69, 9.17) is 9.84 Å². The Bertz CT molecular complexity index is 422. The van der Waals surface area contributed by atoms with Crippen LogP contribution >= 0.6 is 15.9 Å². The molecule has 1 N–H and O–H groups in total. The zero-order valence-electron chi connectivity index (χ0n) is 9.22. The molecule has 0 saturated carbocycles. The highest BCUT2D eigenvalue weighted by Gasteiger charge is 2.13. The van der Waals surface area contributed by atoms with Crippen LogP contribution in [0, 0.1) is 0 Å². The van der Waals surface area contributed by atoms with Crippen molar-refractivity contribution >= 4 is 28.0 Å². The summed E-state index contributed by atoms with van der Waals surface area (Å²) in [6.07, 6.45) is -0.664. The number of amides is 1. The van der Waals surface area contributed by atoms with Crippen molar-refractivity contribution < 1.29 is 19.4 Å². The van der Waals surface area contributed by atoms with Crippen LogP contribution in [0.2, 0.25) is 0 Å². The number of hydrogen-bond donors (Lipinski definition) is 1. The van der Waals surface area contributed by atoms with Gasteiger partial charge in [-0.15, -0.1) is 0 Å². The topological polar surface area (TPSA) is 66.8 Å². The Labute approximate surface area is 107 Å². The number of carboxylic acid groups (broad SMARTS) is 1. The Morgan fingerprint density at radius 3 is 2.65 bits per heavy atom. The summed E-state index contributed by atoms with van der Waals surface area (Å²) in [5.41, 5.74) is 0.824. The van der Waals surface area contributed by atoms with E-state index in [1.54, 1.807) is 0 Å². The maximum absolute atomic E-state index is 11.4. The first-order chi connectivity index (χ1) is 8.00. The lowest BCUT2D eigenvalue weighted by Crippen LogP contribution is -2.32. The molecule has 17 heavy (non-hydrogen) atoms. The normalized spacial score (nSPS) is 9.76. The van der Waals surface area contributed by atoms with Crippen molar-refractivity contribution in [3.63, 3.8) is 0 Å². The van der Waals surface area contributed by atoms with Gasteiger partial charge in [-0.3, -0.25) is 4.79 Å². The molecule has 1 aromatic carbocycles. The molecule has 0 aliphatic carbocycles. The minimum atomic E-state index is -1.08. The number of rotatable bonds is 4. The van der Waals surface area contributed by atoms with Crippen molar-refractivity contribution in [2.24, 2.45) is 0 Å². The van der Waals surface area contributed by atoms with Gasteiger partial charge in [0, 0.05) is 17.1 Å². The molecule has 0 heterocycles. The van der Waals surface area contributed by atoms with Gasteiger partial charge in [0.05, 0.1) is 0 Å². The minimum absolute atomic E-state index is 0.101. The Balaban J connectivity index is 2.48. The fraction of sp³-hybridized carbons (Fsp3) is 0.273. The molecule has 0 atom stereocenters. The highest BCUT2D eigenvalue weighted by Crippen LogP contribution is 2.16. The number of benzene rings is 1. The van der Waals surface area contributed by atoms with Crippen LogP contribution in [-0.2, 0) is 16.1 Å². The summed E-state index contributed by atoms with van der Waals surface area (Å²) in [4.78, 5) is 22.8. The van der Waals surface area contributed by atoms with Crippen LogP contribution < -0.4 is 0 Å². The third-order valence-corrected chi connectivity index (χ3v) is 2.77. The van der Waals surface area contributed by atoms with Gasteiger partial charge in [0.1, 0.15) is 13.2 Å². The van der Waals surface area contributed by atoms with E-state index in [0.717, 1.165) is 14.9 Å². The van der Waals surface area contributed by atoms with Crippen LogP contribution in [0.25, 0.3) is 0 Å². The molecule has 0 saturated heterocycles. The first-order valence-corrected chi connectivity index (χ1v) is 5.63. The maximum Gasteiger partial charge on any atom is 0.410 e. The van der Waals surface area contributed by atoms with Crippen molar-refractivity contribution in [3.05, 3.63) is 34.3 Å². The van der Waals surface area contributed by atoms with Crippen molar-refractivity contribution in [1.29, 1.82) is 0 Å². The molecular formula is C11H12BrNO4. The average molecular weight is 302 g/mol. The molecule has 0 fully saturated rings. The predicted molar refractivity (Wildman–Crippen MR) is 64.6 cm³/mol. The Kier molecular flexibility index (Phi) is 4.96. The smallest absolute Gasteiger partial charge is 0.410 e. The number of ether oxygens (including phenoxy) is 1. The Hall–Kier alpha value is -1.56. The van der Waals surface area contributed by atoms with Crippen LogP contribution in [0.3, 0.4) is 0 Å². The standard InChI is InChI=1S/C11H12BrNO4/c1-13(6-10(14)15)11(16)17-7-8-4-2-3-5-9(8)12/h2-5H,6-7H2,1H3,(H,14,15). The lowest BCUT2D eigenvalue weighted by Gasteiger charge is -2.14. The molecule has 0 bridgehead atoms. The van der Waals surface area contributed by atoms with Gasteiger partial charge < -0.3 is 14.7 Å². The van der Waals surface area contributed by atoms with Gasteiger partial charge in [-0.1, -0.05) is 34.1 Å². The fourth-order valence-electron chi connectivity index (χ4n) is 1.13. The first kappa shape index (κ1) is 13.5. The molecule has 92 valence electrons. The zero-order chi connectivity index (χ0) is 12.8. The number of hydrogen-bond acceptors (Lipinski definition) is 3. The first-order valence-electron chi connectivity index (χ1n) is 4.84. The van der Waals surface area contributed by atoms with E-state index in [9.17, 15) is 9.59 Å². The summed E-state index contributed by atoms with van der Waals surface area (Å²) in [6.45, 7) is -0.279. The summed E-state index contributed by atoms with van der Waals surface area (Å²) in [6, 6.07) is 7.33. The molecule has 1 aromatic rings. The predicted octanol–water partition coefficient (Wildman–Crippen LogP) is 2.10. The van der Waals surface area contributed by atoms with Crippen LogP contribution in [0.1, 0.15) is 5.56 Å². The average Bonchev–Trinajstić information content (AvgIpc) is 2.26. The third-order valence-electron chi connectivity index (χ3n) is 1.99. The van der Waals surface area contributed by atoms with E-state index in [1.807, 2.05) is 24.3 Å². The number of nitrogens with zero attached hydrogens (tertiary/aromatic N) is 1. The van der Waals surface area contributed by atoms with Crippen molar-refractivity contribution in [1.82, 2.24) is 4.90 Å². The molecular weight excluding hydrogens is 290 g/mol. The maximum atomic E-state index is 11.4. The molecule has 0 spiro atoms. The fourth-order valence-corrected chi connectivity index (χ4v) is 1.53. The summed E-state index contributed by atoms with van der Waals surface area (Å²) in [5.74, 6) is -1.08. The highest BCUT2D eigenvalue weighted by molar-refractivity contribution is 9.10. The second-order valence-corrected chi connectivity index (χ2v) is 4.25. The quantitative estimate of drug-likeness (QED) is 0.925. The van der Waals surface area contributed by atoms with Crippen LogP contribution in [0.4, 0.5) is 4.79 Å². The van der Waals surface area contributed by atoms with Crippen molar-refractivity contribution in [2.45, 2.75) is 6.61 Å². The lowest BCUT2D eigenvalue weighted by molar-refractivity contribution is -0.137. The van der Waals surface area contributed by atoms with Crippen molar-refractivity contribution in [3.8, 4) is 0 Å². The van der Waals surface area contributed by atoms with E-state index in [2.05, 4.69) is 15.9 Å². The summed E-state index contributed by atoms with van der Waals surface area (Å²) < 4.78 is 5.81. The summed E-state index contributed by atoms with van der Waals surface area (Å²) in [7, 11) is 1.37. The van der Waals surface area contributed by atoms with Gasteiger partial charge in [0.25, 0.3) is 0 Å². The van der Waals surface area contributed by atoms with E-state index in [1.165, 1.54) is 7.05 Å². The zero-order valence-corrected chi connectivity index (χ0v) is 10.8. The molecule has 1 amide bonds. The molecule has 0 radical (unpaired) electrons. The van der Waals surface area contributed by atoms with Gasteiger partial charge >= 0.3 is 12.1 Å². The van der Waals surface area contributed by atoms with Gasteiger partial charge in [-0.05, 0) is 6.07 Å². The molecule has 0 unspecified atom stereocenters. The third kappa shape index (κ3) is 4.44. The largest absolute Gasteiger partial charge is 0.480 e. The second-order valence-electron chi connectivity index (χ2n) is 3.40. The van der Waals surface area contributed by atoms with E-state index in [-0.39, 0.29) is 13.2 Å².